The van der Waals surface area contributed by atoms with Crippen molar-refractivity contribution in [3.05, 3.63) is 0 Å². The fraction of sp³-hybridized carbons (Fsp3) is 0.833. The number of amides is 1. The van der Waals surface area contributed by atoms with Gasteiger partial charge in [0.05, 0.1) is 19.8 Å². The first-order chi connectivity index (χ1) is 8.59. The number of rotatable bonds is 2. The molecule has 3 atom stereocenters. The van der Waals surface area contributed by atoms with Crippen molar-refractivity contribution in [1.82, 2.24) is 4.90 Å². The van der Waals surface area contributed by atoms with Gasteiger partial charge in [-0.05, 0) is 18.8 Å². The van der Waals surface area contributed by atoms with Gasteiger partial charge in [0.25, 0.3) is 5.91 Å². The number of carboxylic acids is 1. The van der Waals surface area contributed by atoms with E-state index < -0.39 is 18.1 Å². The van der Waals surface area contributed by atoms with Crippen molar-refractivity contribution in [2.75, 3.05) is 26.4 Å². The van der Waals surface area contributed by atoms with Crippen LogP contribution in [0.3, 0.4) is 0 Å². The Kier molecular flexibility index (Phi) is 4.19. The molecule has 0 aromatic rings. The van der Waals surface area contributed by atoms with Crippen LogP contribution in [0, 0.1) is 5.92 Å². The summed E-state index contributed by atoms with van der Waals surface area (Å²) in [5.74, 6) is -0.862. The third-order valence-electron chi connectivity index (χ3n) is 3.52. The van der Waals surface area contributed by atoms with Crippen LogP contribution in [0.1, 0.15) is 19.8 Å². The maximum atomic E-state index is 12.2. The van der Waals surface area contributed by atoms with Crippen molar-refractivity contribution in [3.63, 3.8) is 0 Å². The standard InChI is InChI=1S/C12H19NO5/c1-8-2-3-13(9(6-8)12(15)16)11(14)10-7-17-4-5-18-10/h8-10H,2-7H2,1H3,(H,15,16). The van der Waals surface area contributed by atoms with Crippen LogP contribution in [-0.4, -0.2) is 60.4 Å². The van der Waals surface area contributed by atoms with Gasteiger partial charge in [-0.25, -0.2) is 4.79 Å². The van der Waals surface area contributed by atoms with Crippen LogP contribution in [0.15, 0.2) is 0 Å². The van der Waals surface area contributed by atoms with Gasteiger partial charge in [-0.1, -0.05) is 6.92 Å². The van der Waals surface area contributed by atoms with Gasteiger partial charge in [0, 0.05) is 6.54 Å². The minimum Gasteiger partial charge on any atom is -0.480 e. The van der Waals surface area contributed by atoms with E-state index in [0.717, 1.165) is 6.42 Å². The second-order valence-electron chi connectivity index (χ2n) is 4.95. The Morgan fingerprint density at radius 1 is 1.33 bits per heavy atom. The molecule has 102 valence electrons. The molecule has 0 bridgehead atoms. The second-order valence-corrected chi connectivity index (χ2v) is 4.95. The summed E-state index contributed by atoms with van der Waals surface area (Å²) >= 11 is 0. The zero-order valence-electron chi connectivity index (χ0n) is 10.5. The predicted molar refractivity (Wildman–Crippen MR) is 62.1 cm³/mol. The molecule has 6 heteroatoms. The van der Waals surface area contributed by atoms with Crippen LogP contribution in [0.2, 0.25) is 0 Å². The first-order valence-electron chi connectivity index (χ1n) is 6.32. The Morgan fingerprint density at radius 3 is 2.72 bits per heavy atom. The predicted octanol–water partition coefficient (Wildman–Crippen LogP) is 0.114. The molecule has 1 amide bonds. The zero-order chi connectivity index (χ0) is 13.1. The second kappa shape index (κ2) is 5.67. The van der Waals surface area contributed by atoms with E-state index in [-0.39, 0.29) is 12.5 Å². The molecule has 0 aliphatic carbocycles. The summed E-state index contributed by atoms with van der Waals surface area (Å²) in [4.78, 5) is 24.9. The Labute approximate surface area is 106 Å². The third kappa shape index (κ3) is 2.81. The van der Waals surface area contributed by atoms with Gasteiger partial charge in [0.2, 0.25) is 0 Å². The summed E-state index contributed by atoms with van der Waals surface area (Å²) in [5.41, 5.74) is 0. The fourth-order valence-electron chi connectivity index (χ4n) is 2.45. The molecule has 2 rings (SSSR count). The summed E-state index contributed by atoms with van der Waals surface area (Å²) in [6.07, 6.45) is 0.701. The van der Waals surface area contributed by atoms with Crippen LogP contribution >= 0.6 is 0 Å². The minimum absolute atomic E-state index is 0.219. The van der Waals surface area contributed by atoms with E-state index in [1.807, 2.05) is 6.92 Å². The van der Waals surface area contributed by atoms with Gasteiger partial charge in [-0.3, -0.25) is 4.79 Å². The maximum Gasteiger partial charge on any atom is 0.326 e. The molecule has 18 heavy (non-hydrogen) atoms. The molecule has 3 unspecified atom stereocenters. The number of hydrogen-bond acceptors (Lipinski definition) is 4. The van der Waals surface area contributed by atoms with E-state index in [2.05, 4.69) is 0 Å². The lowest BCUT2D eigenvalue weighted by molar-refractivity contribution is -0.168. The molecule has 2 aliphatic heterocycles. The Morgan fingerprint density at radius 2 is 2.11 bits per heavy atom. The SMILES string of the molecule is CC1CCN(C(=O)C2COCCO2)C(C(=O)O)C1. The monoisotopic (exact) mass is 257 g/mol. The number of carbonyl (C=O) groups excluding carboxylic acids is 1. The fourth-order valence-corrected chi connectivity index (χ4v) is 2.45. The average Bonchev–Trinajstić information content (AvgIpc) is 2.39. The summed E-state index contributed by atoms with van der Waals surface area (Å²) in [5, 5.41) is 9.21. The molecule has 0 saturated carbocycles. The molecule has 2 fully saturated rings. The summed E-state index contributed by atoms with van der Waals surface area (Å²) in [6.45, 7) is 3.59. The topological polar surface area (TPSA) is 76.1 Å². The Hall–Kier alpha value is -1.14. The first kappa shape index (κ1) is 13.3. The van der Waals surface area contributed by atoms with Crippen LogP contribution in [0.4, 0.5) is 0 Å². The number of nitrogens with zero attached hydrogens (tertiary/aromatic N) is 1. The normalized spacial score (nSPS) is 33.2. The van der Waals surface area contributed by atoms with E-state index in [0.29, 0.717) is 32.1 Å². The third-order valence-corrected chi connectivity index (χ3v) is 3.52. The van der Waals surface area contributed by atoms with Gasteiger partial charge in [-0.2, -0.15) is 0 Å². The lowest BCUT2D eigenvalue weighted by Gasteiger charge is -2.38. The number of carbonyl (C=O) groups is 2. The number of hydrogen-bond donors (Lipinski definition) is 1. The van der Waals surface area contributed by atoms with E-state index in [1.54, 1.807) is 0 Å². The lowest BCUT2D eigenvalue weighted by Crippen LogP contribution is -2.55. The summed E-state index contributed by atoms with van der Waals surface area (Å²) in [7, 11) is 0. The van der Waals surface area contributed by atoms with Gasteiger partial charge in [0.1, 0.15) is 6.04 Å². The van der Waals surface area contributed by atoms with Crippen LogP contribution in [-0.2, 0) is 19.1 Å². The molecule has 2 saturated heterocycles. The molecule has 1 N–H and O–H groups in total. The number of ether oxygens (including phenoxy) is 2. The molecule has 2 heterocycles. The molecule has 0 aromatic heterocycles. The van der Waals surface area contributed by atoms with E-state index in [4.69, 9.17) is 9.47 Å². The average molecular weight is 257 g/mol. The summed E-state index contributed by atoms with van der Waals surface area (Å²) < 4.78 is 10.5. The molecule has 2 aliphatic rings. The maximum absolute atomic E-state index is 12.2. The molecule has 6 nitrogen and oxygen atoms in total. The van der Waals surface area contributed by atoms with Gasteiger partial charge in [0.15, 0.2) is 6.10 Å². The van der Waals surface area contributed by atoms with E-state index in [9.17, 15) is 14.7 Å². The molecular formula is C12H19NO5. The first-order valence-corrected chi connectivity index (χ1v) is 6.32. The van der Waals surface area contributed by atoms with Crippen molar-refractivity contribution >= 4 is 11.9 Å². The van der Waals surface area contributed by atoms with Gasteiger partial charge < -0.3 is 19.5 Å². The highest BCUT2D eigenvalue weighted by Crippen LogP contribution is 2.24. The van der Waals surface area contributed by atoms with Crippen molar-refractivity contribution in [1.29, 1.82) is 0 Å². The zero-order valence-corrected chi connectivity index (χ0v) is 10.5. The van der Waals surface area contributed by atoms with Gasteiger partial charge in [-0.15, -0.1) is 0 Å². The summed E-state index contributed by atoms with van der Waals surface area (Å²) in [6, 6.07) is -0.730. The number of likely N-dealkylation sites (tertiary alicyclic amines) is 1. The van der Waals surface area contributed by atoms with Crippen molar-refractivity contribution < 1.29 is 24.2 Å². The Balaban J connectivity index is 2.04. The minimum atomic E-state index is -0.938. The van der Waals surface area contributed by atoms with Crippen molar-refractivity contribution in [2.24, 2.45) is 5.92 Å². The number of carboxylic acid groups (broad SMARTS) is 1. The smallest absolute Gasteiger partial charge is 0.326 e. The van der Waals surface area contributed by atoms with Gasteiger partial charge >= 0.3 is 5.97 Å². The Bertz CT molecular complexity index is 326. The highest BCUT2D eigenvalue weighted by Gasteiger charge is 2.38. The number of piperidine rings is 1. The largest absolute Gasteiger partial charge is 0.480 e. The van der Waals surface area contributed by atoms with Crippen LogP contribution < -0.4 is 0 Å². The molecule has 0 aromatic carbocycles. The van der Waals surface area contributed by atoms with Crippen molar-refractivity contribution in [2.45, 2.75) is 31.9 Å². The lowest BCUT2D eigenvalue weighted by atomic mass is 9.92. The van der Waals surface area contributed by atoms with Crippen LogP contribution in [0.5, 0.6) is 0 Å². The number of aliphatic carboxylic acids is 1. The van der Waals surface area contributed by atoms with E-state index >= 15 is 0 Å². The van der Waals surface area contributed by atoms with E-state index in [1.165, 1.54) is 4.90 Å². The van der Waals surface area contributed by atoms with Crippen LogP contribution in [0.25, 0.3) is 0 Å². The quantitative estimate of drug-likeness (QED) is 0.760. The highest BCUT2D eigenvalue weighted by atomic mass is 16.6. The molecular weight excluding hydrogens is 238 g/mol. The molecule has 0 radical (unpaired) electrons. The highest BCUT2D eigenvalue weighted by molar-refractivity contribution is 5.86. The van der Waals surface area contributed by atoms with Crippen molar-refractivity contribution in [3.8, 4) is 0 Å². The molecule has 0 spiro atoms.